The Bertz CT molecular complexity index is 1490. The third kappa shape index (κ3) is 6.66. The van der Waals surface area contributed by atoms with Gasteiger partial charge in [0.1, 0.15) is 11.6 Å². The molecule has 7 heteroatoms. The average molecular weight is 528 g/mol. The molecule has 0 aliphatic heterocycles. The van der Waals surface area contributed by atoms with E-state index < -0.39 is 5.97 Å². The number of benzene rings is 3. The Balaban J connectivity index is 1.41. The monoisotopic (exact) mass is 527 g/mol. The van der Waals surface area contributed by atoms with Gasteiger partial charge in [0.05, 0.1) is 19.2 Å². The van der Waals surface area contributed by atoms with Gasteiger partial charge in [-0.1, -0.05) is 69.3 Å². The standard InChI is InChI=1S/C32H37N3O4/c1-6-34-29(33-35(31(34)38)21-23-12-16-27(17-13-23)32(2,3)4)9-7-8-22-10-14-24(15-11-22)25-18-26(30(36)37)20-28(19-25)39-5/h10-20H,6-9,21H2,1-5H3,(H,36,37). The van der Waals surface area contributed by atoms with E-state index >= 15 is 0 Å². The Kier molecular flexibility index (Phi) is 8.38. The van der Waals surface area contributed by atoms with Crippen molar-refractivity contribution in [3.8, 4) is 16.9 Å². The Hall–Kier alpha value is -4.13. The highest BCUT2D eigenvalue weighted by molar-refractivity contribution is 5.90. The van der Waals surface area contributed by atoms with Gasteiger partial charge in [0.2, 0.25) is 0 Å². The van der Waals surface area contributed by atoms with Crippen LogP contribution in [-0.4, -0.2) is 32.5 Å². The minimum atomic E-state index is -0.988. The number of aromatic nitrogens is 3. The lowest BCUT2D eigenvalue weighted by Crippen LogP contribution is -2.25. The van der Waals surface area contributed by atoms with Gasteiger partial charge in [-0.15, -0.1) is 0 Å². The van der Waals surface area contributed by atoms with E-state index in [9.17, 15) is 14.7 Å². The molecule has 0 saturated carbocycles. The molecular formula is C32H37N3O4. The number of carboxylic acids is 1. The molecule has 0 saturated heterocycles. The number of aromatic carboxylic acids is 1. The fraction of sp³-hybridized carbons (Fsp3) is 0.344. The van der Waals surface area contributed by atoms with Crippen LogP contribution in [0.15, 0.2) is 71.5 Å². The number of hydrogen-bond acceptors (Lipinski definition) is 4. The van der Waals surface area contributed by atoms with E-state index in [2.05, 4.69) is 62.3 Å². The maximum absolute atomic E-state index is 13.0. The van der Waals surface area contributed by atoms with Gasteiger partial charge in [0.15, 0.2) is 0 Å². The zero-order valence-corrected chi connectivity index (χ0v) is 23.4. The van der Waals surface area contributed by atoms with E-state index in [0.29, 0.717) is 25.3 Å². The number of carboxylic acid groups (broad SMARTS) is 1. The predicted molar refractivity (Wildman–Crippen MR) is 154 cm³/mol. The van der Waals surface area contributed by atoms with Crippen molar-refractivity contribution in [1.29, 1.82) is 0 Å². The molecule has 1 heterocycles. The van der Waals surface area contributed by atoms with Crippen LogP contribution in [0, 0.1) is 0 Å². The molecule has 39 heavy (non-hydrogen) atoms. The average Bonchev–Trinajstić information content (AvgIpc) is 3.22. The summed E-state index contributed by atoms with van der Waals surface area (Å²) in [4.78, 5) is 24.4. The first-order chi connectivity index (χ1) is 18.6. The zero-order chi connectivity index (χ0) is 28.2. The van der Waals surface area contributed by atoms with Crippen LogP contribution in [0.2, 0.25) is 0 Å². The number of ether oxygens (including phenoxy) is 1. The van der Waals surface area contributed by atoms with E-state index in [0.717, 1.165) is 35.4 Å². The lowest BCUT2D eigenvalue weighted by atomic mass is 9.87. The third-order valence-corrected chi connectivity index (χ3v) is 7.01. The third-order valence-electron chi connectivity index (χ3n) is 7.01. The van der Waals surface area contributed by atoms with Crippen molar-refractivity contribution in [3.63, 3.8) is 0 Å². The highest BCUT2D eigenvalue weighted by Gasteiger charge is 2.15. The van der Waals surface area contributed by atoms with E-state index in [-0.39, 0.29) is 16.7 Å². The van der Waals surface area contributed by atoms with Crippen molar-refractivity contribution in [1.82, 2.24) is 14.3 Å². The fourth-order valence-corrected chi connectivity index (χ4v) is 4.70. The van der Waals surface area contributed by atoms with Crippen molar-refractivity contribution in [2.24, 2.45) is 0 Å². The Labute approximate surface area is 229 Å². The second-order valence-electron chi connectivity index (χ2n) is 10.9. The minimum absolute atomic E-state index is 0.0734. The van der Waals surface area contributed by atoms with Crippen LogP contribution in [0.3, 0.4) is 0 Å². The van der Waals surface area contributed by atoms with Gasteiger partial charge in [-0.05, 0) is 71.2 Å². The molecule has 1 aromatic heterocycles. The highest BCUT2D eigenvalue weighted by Crippen LogP contribution is 2.27. The molecule has 0 spiro atoms. The van der Waals surface area contributed by atoms with Gasteiger partial charge in [-0.3, -0.25) is 4.57 Å². The van der Waals surface area contributed by atoms with Crippen LogP contribution in [0.5, 0.6) is 5.75 Å². The molecule has 0 fully saturated rings. The van der Waals surface area contributed by atoms with Crippen molar-refractivity contribution < 1.29 is 14.6 Å². The summed E-state index contributed by atoms with van der Waals surface area (Å²) in [5, 5.41) is 14.1. The first-order valence-electron chi connectivity index (χ1n) is 13.4. The van der Waals surface area contributed by atoms with Crippen LogP contribution in [0.1, 0.15) is 67.0 Å². The summed E-state index contributed by atoms with van der Waals surface area (Å²) >= 11 is 0. The van der Waals surface area contributed by atoms with Gasteiger partial charge in [-0.2, -0.15) is 5.10 Å². The molecule has 0 aliphatic rings. The minimum Gasteiger partial charge on any atom is -0.497 e. The summed E-state index contributed by atoms with van der Waals surface area (Å²) in [6.45, 7) is 9.58. The van der Waals surface area contributed by atoms with Crippen LogP contribution >= 0.6 is 0 Å². The summed E-state index contributed by atoms with van der Waals surface area (Å²) in [5.74, 6) is 0.332. The molecule has 0 unspecified atom stereocenters. The number of methoxy groups -OCH3 is 1. The quantitative estimate of drug-likeness (QED) is 0.275. The molecule has 0 bridgehead atoms. The summed E-state index contributed by atoms with van der Waals surface area (Å²) in [5.41, 5.74) is 5.42. The molecule has 7 nitrogen and oxygen atoms in total. The highest BCUT2D eigenvalue weighted by atomic mass is 16.5. The second-order valence-corrected chi connectivity index (χ2v) is 10.9. The largest absolute Gasteiger partial charge is 0.497 e. The number of hydrogen-bond donors (Lipinski definition) is 1. The number of nitrogens with zero attached hydrogens (tertiary/aromatic N) is 3. The maximum Gasteiger partial charge on any atom is 0.346 e. The smallest absolute Gasteiger partial charge is 0.346 e. The van der Waals surface area contributed by atoms with E-state index in [4.69, 9.17) is 4.74 Å². The molecule has 0 aliphatic carbocycles. The summed E-state index contributed by atoms with van der Waals surface area (Å²) in [6.07, 6.45) is 2.41. The van der Waals surface area contributed by atoms with E-state index in [1.165, 1.54) is 24.3 Å². The first kappa shape index (κ1) is 27.9. The molecule has 4 aromatic rings. The molecule has 0 radical (unpaired) electrons. The Morgan fingerprint density at radius 2 is 1.59 bits per heavy atom. The molecule has 0 amide bonds. The maximum atomic E-state index is 13.0. The van der Waals surface area contributed by atoms with Gasteiger partial charge >= 0.3 is 11.7 Å². The number of rotatable bonds is 10. The SMILES string of the molecule is CCn1c(CCCc2ccc(-c3cc(OC)cc(C(=O)O)c3)cc2)nn(Cc2ccc(C(C)(C)C)cc2)c1=O. The second kappa shape index (κ2) is 11.7. The van der Waals surface area contributed by atoms with Gasteiger partial charge in [0.25, 0.3) is 0 Å². The molecule has 204 valence electrons. The molecule has 1 N–H and O–H groups in total. The van der Waals surface area contributed by atoms with Crippen molar-refractivity contribution in [2.75, 3.05) is 7.11 Å². The van der Waals surface area contributed by atoms with Gasteiger partial charge < -0.3 is 9.84 Å². The lowest BCUT2D eigenvalue weighted by Gasteiger charge is -2.19. The van der Waals surface area contributed by atoms with Crippen LogP contribution in [-0.2, 0) is 31.3 Å². The normalized spacial score (nSPS) is 11.5. The lowest BCUT2D eigenvalue weighted by molar-refractivity contribution is 0.0696. The van der Waals surface area contributed by atoms with Crippen LogP contribution in [0.4, 0.5) is 0 Å². The first-order valence-corrected chi connectivity index (χ1v) is 13.4. The molecule has 0 atom stereocenters. The van der Waals surface area contributed by atoms with Gasteiger partial charge in [-0.25, -0.2) is 14.3 Å². The molecule has 4 rings (SSSR count). The van der Waals surface area contributed by atoms with Crippen LogP contribution < -0.4 is 10.4 Å². The Morgan fingerprint density at radius 1 is 0.923 bits per heavy atom. The van der Waals surface area contributed by atoms with Crippen molar-refractivity contribution >= 4 is 5.97 Å². The van der Waals surface area contributed by atoms with Crippen molar-refractivity contribution in [2.45, 2.75) is 65.5 Å². The Morgan fingerprint density at radius 3 is 2.18 bits per heavy atom. The topological polar surface area (TPSA) is 86.3 Å². The molecular weight excluding hydrogens is 490 g/mol. The predicted octanol–water partition coefficient (Wildman–Crippen LogP) is 5.96. The number of aryl methyl sites for hydroxylation is 2. The summed E-state index contributed by atoms with van der Waals surface area (Å²) in [7, 11) is 1.53. The van der Waals surface area contributed by atoms with E-state index in [1.807, 2.05) is 25.1 Å². The molecule has 3 aromatic carbocycles. The number of carbonyl (C=O) groups is 1. The van der Waals surface area contributed by atoms with Crippen LogP contribution in [0.25, 0.3) is 11.1 Å². The fourth-order valence-electron chi connectivity index (χ4n) is 4.70. The summed E-state index contributed by atoms with van der Waals surface area (Å²) in [6, 6.07) is 21.5. The summed E-state index contributed by atoms with van der Waals surface area (Å²) < 4.78 is 8.60. The van der Waals surface area contributed by atoms with Gasteiger partial charge in [0, 0.05) is 13.0 Å². The zero-order valence-electron chi connectivity index (χ0n) is 23.4. The van der Waals surface area contributed by atoms with Crippen molar-refractivity contribution in [3.05, 3.63) is 105 Å². The van der Waals surface area contributed by atoms with E-state index in [1.54, 1.807) is 15.3 Å².